The Balaban J connectivity index is 2.08. The van der Waals surface area contributed by atoms with E-state index in [4.69, 9.17) is 11.6 Å². The van der Waals surface area contributed by atoms with E-state index in [1.54, 1.807) is 12.1 Å². The molecule has 2 aromatic carbocycles. The molecule has 5 nitrogen and oxygen atoms in total. The first-order valence-electron chi connectivity index (χ1n) is 5.81. The smallest absolute Gasteiger partial charge is 0.269 e. The number of carbonyl (C=O) groups is 1. The van der Waals surface area contributed by atoms with Crippen molar-refractivity contribution in [2.45, 2.75) is 5.88 Å². The number of carbonyl (C=O) groups excluding carboxylic acids is 1. The van der Waals surface area contributed by atoms with Gasteiger partial charge in [0.1, 0.15) is 0 Å². The molecule has 0 spiro atoms. The highest BCUT2D eigenvalue weighted by molar-refractivity contribution is 6.17. The van der Waals surface area contributed by atoms with E-state index in [9.17, 15) is 14.9 Å². The topological polar surface area (TPSA) is 72.2 Å². The molecule has 0 saturated heterocycles. The fourth-order valence-electron chi connectivity index (χ4n) is 1.61. The Hall–Kier alpha value is -2.40. The molecular formula is C14H11ClN2O3. The lowest BCUT2D eigenvalue weighted by Gasteiger charge is -2.05. The lowest BCUT2D eigenvalue weighted by molar-refractivity contribution is -0.384. The predicted octanol–water partition coefficient (Wildman–Crippen LogP) is 3.59. The van der Waals surface area contributed by atoms with Crippen LogP contribution in [-0.2, 0) is 5.88 Å². The summed E-state index contributed by atoms with van der Waals surface area (Å²) in [6.07, 6.45) is 0. The van der Waals surface area contributed by atoms with Gasteiger partial charge in [-0.15, -0.1) is 11.6 Å². The van der Waals surface area contributed by atoms with Gasteiger partial charge in [0.2, 0.25) is 0 Å². The van der Waals surface area contributed by atoms with Crippen LogP contribution in [0.1, 0.15) is 15.9 Å². The Kier molecular flexibility index (Phi) is 4.32. The number of hydrogen-bond acceptors (Lipinski definition) is 3. The quantitative estimate of drug-likeness (QED) is 0.531. The first-order valence-corrected chi connectivity index (χ1v) is 6.34. The second kappa shape index (κ2) is 6.16. The molecule has 2 rings (SSSR count). The number of rotatable bonds is 4. The van der Waals surface area contributed by atoms with Crippen molar-refractivity contribution < 1.29 is 9.72 Å². The van der Waals surface area contributed by atoms with Crippen molar-refractivity contribution in [1.29, 1.82) is 0 Å². The molecule has 0 saturated carbocycles. The van der Waals surface area contributed by atoms with Gasteiger partial charge >= 0.3 is 0 Å². The maximum Gasteiger partial charge on any atom is 0.269 e. The van der Waals surface area contributed by atoms with E-state index in [0.29, 0.717) is 17.1 Å². The summed E-state index contributed by atoms with van der Waals surface area (Å²) in [7, 11) is 0. The van der Waals surface area contributed by atoms with Crippen LogP contribution in [0, 0.1) is 10.1 Å². The second-order valence-electron chi connectivity index (χ2n) is 4.09. The SMILES string of the molecule is O=C(Nc1ccc(CCl)cc1)c1ccc([N+](=O)[O-])cc1. The van der Waals surface area contributed by atoms with Gasteiger partial charge < -0.3 is 5.32 Å². The molecule has 0 bridgehead atoms. The van der Waals surface area contributed by atoms with E-state index in [1.807, 2.05) is 12.1 Å². The van der Waals surface area contributed by atoms with Gasteiger partial charge in [-0.3, -0.25) is 14.9 Å². The minimum absolute atomic E-state index is 0.0481. The molecule has 0 radical (unpaired) electrons. The van der Waals surface area contributed by atoms with E-state index in [0.717, 1.165) is 5.56 Å². The fraction of sp³-hybridized carbons (Fsp3) is 0.0714. The molecule has 0 aliphatic heterocycles. The van der Waals surface area contributed by atoms with Crippen molar-refractivity contribution in [2.75, 3.05) is 5.32 Å². The number of nitro benzene ring substituents is 1. The van der Waals surface area contributed by atoms with E-state index in [-0.39, 0.29) is 11.6 Å². The molecule has 0 atom stereocenters. The Morgan fingerprint density at radius 3 is 2.20 bits per heavy atom. The molecule has 0 unspecified atom stereocenters. The highest BCUT2D eigenvalue weighted by atomic mass is 35.5. The summed E-state index contributed by atoms with van der Waals surface area (Å²) >= 11 is 5.68. The van der Waals surface area contributed by atoms with Gasteiger partial charge in [-0.1, -0.05) is 12.1 Å². The van der Waals surface area contributed by atoms with Crippen LogP contribution in [0.25, 0.3) is 0 Å². The van der Waals surface area contributed by atoms with E-state index < -0.39 is 4.92 Å². The summed E-state index contributed by atoms with van der Waals surface area (Å²) < 4.78 is 0. The highest BCUT2D eigenvalue weighted by Gasteiger charge is 2.09. The van der Waals surface area contributed by atoms with Gasteiger partial charge in [0.05, 0.1) is 4.92 Å². The third-order valence-electron chi connectivity index (χ3n) is 2.71. The maximum absolute atomic E-state index is 11.9. The monoisotopic (exact) mass is 290 g/mol. The van der Waals surface area contributed by atoms with E-state index in [2.05, 4.69) is 5.32 Å². The number of nitrogens with one attached hydrogen (secondary N) is 1. The van der Waals surface area contributed by atoms with Crippen LogP contribution < -0.4 is 5.32 Å². The lowest BCUT2D eigenvalue weighted by Crippen LogP contribution is -2.11. The van der Waals surface area contributed by atoms with Crippen molar-refractivity contribution >= 4 is 28.9 Å². The number of alkyl halides is 1. The molecule has 6 heteroatoms. The molecule has 20 heavy (non-hydrogen) atoms. The lowest BCUT2D eigenvalue weighted by atomic mass is 10.2. The fourth-order valence-corrected chi connectivity index (χ4v) is 1.79. The summed E-state index contributed by atoms with van der Waals surface area (Å²) in [6, 6.07) is 12.6. The summed E-state index contributed by atoms with van der Waals surface area (Å²) in [5.74, 6) is 0.0925. The van der Waals surface area contributed by atoms with Gasteiger partial charge in [-0.2, -0.15) is 0 Å². The maximum atomic E-state index is 11.9. The van der Waals surface area contributed by atoms with Crippen LogP contribution in [-0.4, -0.2) is 10.8 Å². The van der Waals surface area contributed by atoms with Gasteiger partial charge in [0.15, 0.2) is 0 Å². The number of nitro groups is 1. The standard InChI is InChI=1S/C14H11ClN2O3/c15-9-10-1-5-12(6-2-10)16-14(18)11-3-7-13(8-4-11)17(19)20/h1-8H,9H2,(H,16,18). The number of hydrogen-bond donors (Lipinski definition) is 1. The summed E-state index contributed by atoms with van der Waals surface area (Å²) in [6.45, 7) is 0. The van der Waals surface area contributed by atoms with Crippen LogP contribution in [0.4, 0.5) is 11.4 Å². The molecular weight excluding hydrogens is 280 g/mol. The second-order valence-corrected chi connectivity index (χ2v) is 4.36. The molecule has 0 aromatic heterocycles. The van der Waals surface area contributed by atoms with Crippen LogP contribution in [0.3, 0.4) is 0 Å². The molecule has 2 aromatic rings. The number of nitrogens with zero attached hydrogens (tertiary/aromatic N) is 1. The third-order valence-corrected chi connectivity index (χ3v) is 3.02. The molecule has 0 aliphatic carbocycles. The van der Waals surface area contributed by atoms with Crippen molar-refractivity contribution in [3.8, 4) is 0 Å². The van der Waals surface area contributed by atoms with Gasteiger partial charge in [-0.25, -0.2) is 0 Å². The summed E-state index contributed by atoms with van der Waals surface area (Å²) in [5.41, 5.74) is 1.91. The van der Waals surface area contributed by atoms with E-state index >= 15 is 0 Å². The Morgan fingerprint density at radius 1 is 1.10 bits per heavy atom. The molecule has 0 fully saturated rings. The molecule has 1 amide bonds. The number of anilines is 1. The van der Waals surface area contributed by atoms with Crippen molar-refractivity contribution in [2.24, 2.45) is 0 Å². The highest BCUT2D eigenvalue weighted by Crippen LogP contribution is 2.15. The van der Waals surface area contributed by atoms with E-state index in [1.165, 1.54) is 24.3 Å². The summed E-state index contributed by atoms with van der Waals surface area (Å²) in [5, 5.41) is 13.2. The molecule has 1 N–H and O–H groups in total. The van der Waals surface area contributed by atoms with Crippen molar-refractivity contribution in [3.05, 3.63) is 69.8 Å². The minimum atomic E-state index is -0.507. The largest absolute Gasteiger partial charge is 0.322 e. The molecule has 0 aliphatic rings. The number of halogens is 1. The third kappa shape index (κ3) is 3.33. The van der Waals surface area contributed by atoms with Gasteiger partial charge in [-0.05, 0) is 29.8 Å². The van der Waals surface area contributed by atoms with Crippen LogP contribution in [0.5, 0.6) is 0 Å². The Morgan fingerprint density at radius 2 is 1.70 bits per heavy atom. The van der Waals surface area contributed by atoms with Crippen LogP contribution in [0.15, 0.2) is 48.5 Å². The Bertz CT molecular complexity index is 624. The number of non-ortho nitro benzene ring substituents is 1. The molecule has 102 valence electrons. The minimum Gasteiger partial charge on any atom is -0.322 e. The van der Waals surface area contributed by atoms with Crippen LogP contribution in [0.2, 0.25) is 0 Å². The van der Waals surface area contributed by atoms with Crippen molar-refractivity contribution in [3.63, 3.8) is 0 Å². The number of amides is 1. The zero-order valence-corrected chi connectivity index (χ0v) is 11.1. The van der Waals surface area contributed by atoms with Gasteiger partial charge in [0.25, 0.3) is 11.6 Å². The zero-order valence-electron chi connectivity index (χ0n) is 10.4. The average molecular weight is 291 g/mol. The molecule has 0 heterocycles. The summed E-state index contributed by atoms with van der Waals surface area (Å²) in [4.78, 5) is 22.0. The first-order chi connectivity index (χ1) is 9.60. The van der Waals surface area contributed by atoms with Crippen LogP contribution >= 0.6 is 11.6 Å². The normalized spacial score (nSPS) is 10.1. The van der Waals surface area contributed by atoms with Crippen molar-refractivity contribution in [1.82, 2.24) is 0 Å². The van der Waals surface area contributed by atoms with Gasteiger partial charge in [0, 0.05) is 29.3 Å². The zero-order chi connectivity index (χ0) is 14.5. The predicted molar refractivity (Wildman–Crippen MR) is 77.0 cm³/mol. The number of benzene rings is 2. The average Bonchev–Trinajstić information content (AvgIpc) is 2.48. The first kappa shape index (κ1) is 14.0. The Labute approximate surface area is 120 Å².